The van der Waals surface area contributed by atoms with Gasteiger partial charge in [-0.3, -0.25) is 4.79 Å². The van der Waals surface area contributed by atoms with Crippen molar-refractivity contribution in [2.75, 3.05) is 27.2 Å². The van der Waals surface area contributed by atoms with Gasteiger partial charge in [0.2, 0.25) is 5.91 Å². The Labute approximate surface area is 84.3 Å². The lowest BCUT2D eigenvalue weighted by atomic mass is 10.2. The van der Waals surface area contributed by atoms with E-state index in [0.29, 0.717) is 13.0 Å². The van der Waals surface area contributed by atoms with Crippen molar-refractivity contribution < 1.29 is 4.79 Å². The van der Waals surface area contributed by atoms with Crippen LogP contribution in [0.15, 0.2) is 18.5 Å². The zero-order valence-electron chi connectivity index (χ0n) is 8.71. The summed E-state index contributed by atoms with van der Waals surface area (Å²) >= 11 is 0. The first-order chi connectivity index (χ1) is 6.68. The van der Waals surface area contributed by atoms with Gasteiger partial charge in [-0.05, 0) is 25.7 Å². The smallest absolute Gasteiger partial charge is 0.224 e. The zero-order valence-corrected chi connectivity index (χ0v) is 8.71. The van der Waals surface area contributed by atoms with Crippen LogP contribution in [-0.2, 0) is 11.2 Å². The highest BCUT2D eigenvalue weighted by molar-refractivity contribution is 5.78. The molecular formula is C10H17N3O. The van der Waals surface area contributed by atoms with Crippen LogP contribution in [0.2, 0.25) is 0 Å². The SMILES string of the molecule is CN(C)CCNC(=O)Cc1cc[nH]c1. The molecule has 0 bridgehead atoms. The number of carbonyl (C=O) groups is 1. The molecule has 0 saturated heterocycles. The quantitative estimate of drug-likeness (QED) is 0.707. The number of hydrogen-bond donors (Lipinski definition) is 2. The maximum absolute atomic E-state index is 11.3. The van der Waals surface area contributed by atoms with Gasteiger partial charge in [0, 0.05) is 25.5 Å². The summed E-state index contributed by atoms with van der Waals surface area (Å²) < 4.78 is 0. The second kappa shape index (κ2) is 5.44. The van der Waals surface area contributed by atoms with Gasteiger partial charge < -0.3 is 15.2 Å². The fourth-order valence-corrected chi connectivity index (χ4v) is 1.14. The summed E-state index contributed by atoms with van der Waals surface area (Å²) in [5, 5.41) is 2.86. The largest absolute Gasteiger partial charge is 0.367 e. The lowest BCUT2D eigenvalue weighted by molar-refractivity contribution is -0.120. The molecule has 0 atom stereocenters. The molecule has 0 radical (unpaired) electrons. The summed E-state index contributed by atoms with van der Waals surface area (Å²) in [6, 6.07) is 1.91. The van der Waals surface area contributed by atoms with Crippen LogP contribution in [0.3, 0.4) is 0 Å². The second-order valence-electron chi connectivity index (χ2n) is 3.55. The molecule has 0 spiro atoms. The molecule has 2 N–H and O–H groups in total. The zero-order chi connectivity index (χ0) is 10.4. The van der Waals surface area contributed by atoms with E-state index >= 15 is 0 Å². The number of H-pyrrole nitrogens is 1. The van der Waals surface area contributed by atoms with Crippen molar-refractivity contribution in [3.63, 3.8) is 0 Å². The first kappa shape index (κ1) is 10.8. The Morgan fingerprint density at radius 2 is 2.36 bits per heavy atom. The number of nitrogens with one attached hydrogen (secondary N) is 2. The molecule has 4 heteroatoms. The summed E-state index contributed by atoms with van der Waals surface area (Å²) in [5.41, 5.74) is 1.02. The van der Waals surface area contributed by atoms with E-state index < -0.39 is 0 Å². The molecular weight excluding hydrogens is 178 g/mol. The van der Waals surface area contributed by atoms with Gasteiger partial charge in [-0.1, -0.05) is 0 Å². The molecule has 4 nitrogen and oxygen atoms in total. The molecule has 78 valence electrons. The van der Waals surface area contributed by atoms with Crippen LogP contribution in [0.5, 0.6) is 0 Å². The molecule has 14 heavy (non-hydrogen) atoms. The van der Waals surface area contributed by atoms with E-state index in [4.69, 9.17) is 0 Å². The van der Waals surface area contributed by atoms with E-state index in [1.54, 1.807) is 0 Å². The number of aromatic amines is 1. The van der Waals surface area contributed by atoms with Crippen LogP contribution >= 0.6 is 0 Å². The summed E-state index contributed by atoms with van der Waals surface area (Å²) in [6.07, 6.45) is 4.12. The summed E-state index contributed by atoms with van der Waals surface area (Å²) in [5.74, 6) is 0.0754. The van der Waals surface area contributed by atoms with E-state index in [9.17, 15) is 4.79 Å². The van der Waals surface area contributed by atoms with E-state index in [2.05, 4.69) is 10.3 Å². The third kappa shape index (κ3) is 4.09. The predicted molar refractivity (Wildman–Crippen MR) is 56.1 cm³/mol. The van der Waals surface area contributed by atoms with E-state index in [1.807, 2.05) is 37.5 Å². The third-order valence-corrected chi connectivity index (χ3v) is 1.91. The van der Waals surface area contributed by atoms with Gasteiger partial charge in [-0.25, -0.2) is 0 Å². The number of aromatic nitrogens is 1. The normalized spacial score (nSPS) is 10.5. The number of rotatable bonds is 5. The van der Waals surface area contributed by atoms with Crippen molar-refractivity contribution in [1.29, 1.82) is 0 Å². The second-order valence-corrected chi connectivity index (χ2v) is 3.55. The lowest BCUT2D eigenvalue weighted by Crippen LogP contribution is -2.32. The van der Waals surface area contributed by atoms with Crippen LogP contribution in [0.25, 0.3) is 0 Å². The monoisotopic (exact) mass is 195 g/mol. The van der Waals surface area contributed by atoms with Gasteiger partial charge in [0.15, 0.2) is 0 Å². The van der Waals surface area contributed by atoms with E-state index in [1.165, 1.54) is 0 Å². The number of carbonyl (C=O) groups excluding carboxylic acids is 1. The first-order valence-electron chi connectivity index (χ1n) is 4.71. The molecule has 0 aliphatic heterocycles. The minimum absolute atomic E-state index is 0.0754. The molecule has 1 rings (SSSR count). The highest BCUT2D eigenvalue weighted by Crippen LogP contribution is 1.96. The van der Waals surface area contributed by atoms with Crippen molar-refractivity contribution in [3.05, 3.63) is 24.0 Å². The Morgan fingerprint density at radius 1 is 1.57 bits per heavy atom. The molecule has 0 unspecified atom stereocenters. The molecule has 0 saturated carbocycles. The van der Waals surface area contributed by atoms with E-state index in [-0.39, 0.29) is 5.91 Å². The molecule has 0 aliphatic carbocycles. The van der Waals surface area contributed by atoms with Crippen LogP contribution in [0, 0.1) is 0 Å². The van der Waals surface area contributed by atoms with Gasteiger partial charge in [0.25, 0.3) is 0 Å². The fourth-order valence-electron chi connectivity index (χ4n) is 1.14. The molecule has 0 aliphatic rings. The van der Waals surface area contributed by atoms with Gasteiger partial charge in [-0.2, -0.15) is 0 Å². The highest BCUT2D eigenvalue weighted by Gasteiger charge is 2.02. The third-order valence-electron chi connectivity index (χ3n) is 1.91. The number of likely N-dealkylation sites (N-methyl/N-ethyl adjacent to an activating group) is 1. The average molecular weight is 195 g/mol. The minimum atomic E-state index is 0.0754. The summed E-state index contributed by atoms with van der Waals surface area (Å²) in [6.45, 7) is 1.58. The van der Waals surface area contributed by atoms with Crippen LogP contribution < -0.4 is 5.32 Å². The Kier molecular flexibility index (Phi) is 4.19. The topological polar surface area (TPSA) is 48.1 Å². The standard InChI is InChI=1S/C10H17N3O/c1-13(2)6-5-12-10(14)7-9-3-4-11-8-9/h3-4,8,11H,5-7H2,1-2H3,(H,12,14). The average Bonchev–Trinajstić information content (AvgIpc) is 2.56. The lowest BCUT2D eigenvalue weighted by Gasteiger charge is -2.09. The molecule has 0 fully saturated rings. The highest BCUT2D eigenvalue weighted by atomic mass is 16.1. The molecule has 0 aromatic carbocycles. The van der Waals surface area contributed by atoms with Crippen LogP contribution in [-0.4, -0.2) is 43.0 Å². The maximum atomic E-state index is 11.3. The number of nitrogens with zero attached hydrogens (tertiary/aromatic N) is 1. The molecule has 1 aromatic rings. The van der Waals surface area contributed by atoms with Crippen molar-refractivity contribution >= 4 is 5.91 Å². The van der Waals surface area contributed by atoms with Crippen molar-refractivity contribution in [3.8, 4) is 0 Å². The van der Waals surface area contributed by atoms with Crippen molar-refractivity contribution in [1.82, 2.24) is 15.2 Å². The van der Waals surface area contributed by atoms with Gasteiger partial charge in [0.1, 0.15) is 0 Å². The summed E-state index contributed by atoms with van der Waals surface area (Å²) in [7, 11) is 3.97. The summed E-state index contributed by atoms with van der Waals surface area (Å²) in [4.78, 5) is 16.3. The predicted octanol–water partition coefficient (Wildman–Crippen LogP) is 0.235. The van der Waals surface area contributed by atoms with Crippen LogP contribution in [0.4, 0.5) is 0 Å². The van der Waals surface area contributed by atoms with Gasteiger partial charge in [0.05, 0.1) is 6.42 Å². The van der Waals surface area contributed by atoms with Gasteiger partial charge in [-0.15, -0.1) is 0 Å². The Balaban J connectivity index is 2.17. The fraction of sp³-hybridized carbons (Fsp3) is 0.500. The Bertz CT molecular complexity index is 267. The van der Waals surface area contributed by atoms with E-state index in [0.717, 1.165) is 12.1 Å². The molecule has 1 aromatic heterocycles. The Morgan fingerprint density at radius 3 is 2.93 bits per heavy atom. The van der Waals surface area contributed by atoms with Crippen LogP contribution in [0.1, 0.15) is 5.56 Å². The minimum Gasteiger partial charge on any atom is -0.367 e. The van der Waals surface area contributed by atoms with Gasteiger partial charge >= 0.3 is 0 Å². The number of amides is 1. The molecule has 1 heterocycles. The molecule has 1 amide bonds. The van der Waals surface area contributed by atoms with Crippen molar-refractivity contribution in [2.24, 2.45) is 0 Å². The maximum Gasteiger partial charge on any atom is 0.224 e. The Hall–Kier alpha value is -1.29. The first-order valence-corrected chi connectivity index (χ1v) is 4.71. The number of hydrogen-bond acceptors (Lipinski definition) is 2. The van der Waals surface area contributed by atoms with Crippen molar-refractivity contribution in [2.45, 2.75) is 6.42 Å².